The number of nitrogens with one attached hydrogen (secondary N) is 1. The molecule has 1 atom stereocenters. The van der Waals surface area contributed by atoms with E-state index < -0.39 is 0 Å². The van der Waals surface area contributed by atoms with E-state index in [1.807, 2.05) is 18.7 Å². The predicted octanol–water partition coefficient (Wildman–Crippen LogP) is 1.55. The van der Waals surface area contributed by atoms with Gasteiger partial charge in [-0.15, -0.1) is 0 Å². The smallest absolute Gasteiger partial charge is 0.257 e. The van der Waals surface area contributed by atoms with Crippen LogP contribution >= 0.6 is 0 Å². The van der Waals surface area contributed by atoms with Crippen molar-refractivity contribution in [2.75, 3.05) is 26.8 Å². The molecule has 1 saturated heterocycles. The molecule has 1 N–H and O–H groups in total. The molecule has 0 bridgehead atoms. The minimum atomic E-state index is -0.361. The molecule has 2 heterocycles. The van der Waals surface area contributed by atoms with Crippen molar-refractivity contribution in [2.45, 2.75) is 44.3 Å². The van der Waals surface area contributed by atoms with E-state index >= 15 is 0 Å². The quantitative estimate of drug-likeness (QED) is 0.914. The molecule has 1 aromatic heterocycles. The Morgan fingerprint density at radius 3 is 3.00 bits per heavy atom. The second-order valence-electron chi connectivity index (χ2n) is 6.61. The number of carbonyl (C=O) groups excluding carboxylic acids is 1. The van der Waals surface area contributed by atoms with Crippen LogP contribution in [0.3, 0.4) is 0 Å². The summed E-state index contributed by atoms with van der Waals surface area (Å²) in [6, 6.07) is 0. The molecule has 0 aromatic carbocycles. The molecule has 3 rings (SSSR count). The molecule has 2 fully saturated rings. The van der Waals surface area contributed by atoms with Crippen molar-refractivity contribution < 1.29 is 14.3 Å². The van der Waals surface area contributed by atoms with Gasteiger partial charge in [0.2, 0.25) is 0 Å². The van der Waals surface area contributed by atoms with Crippen LogP contribution in [-0.2, 0) is 9.47 Å². The maximum absolute atomic E-state index is 12.8. The van der Waals surface area contributed by atoms with Crippen LogP contribution in [0.1, 0.15) is 48.7 Å². The Morgan fingerprint density at radius 2 is 2.33 bits per heavy atom. The van der Waals surface area contributed by atoms with Crippen LogP contribution in [0.25, 0.3) is 0 Å². The topological polar surface area (TPSA) is 67.5 Å². The molecular formula is C15H23N3O3. The Hall–Kier alpha value is -1.40. The van der Waals surface area contributed by atoms with Crippen LogP contribution in [0, 0.1) is 0 Å². The number of amides is 1. The van der Waals surface area contributed by atoms with E-state index in [1.165, 1.54) is 0 Å². The maximum atomic E-state index is 12.8. The van der Waals surface area contributed by atoms with Crippen molar-refractivity contribution >= 4 is 5.91 Å². The minimum Gasteiger partial charge on any atom is -0.382 e. The molecule has 6 heteroatoms. The van der Waals surface area contributed by atoms with Gasteiger partial charge in [-0.2, -0.15) is 5.10 Å². The van der Waals surface area contributed by atoms with Crippen molar-refractivity contribution in [1.29, 1.82) is 0 Å². The highest BCUT2D eigenvalue weighted by Gasteiger charge is 2.38. The molecule has 116 valence electrons. The van der Waals surface area contributed by atoms with Crippen LogP contribution in [0.15, 0.2) is 6.20 Å². The molecule has 0 unspecified atom stereocenters. The number of morpholine rings is 1. The van der Waals surface area contributed by atoms with Gasteiger partial charge in [0.1, 0.15) is 0 Å². The summed E-state index contributed by atoms with van der Waals surface area (Å²) in [6.45, 7) is 5.65. The molecule has 2 aliphatic rings. The van der Waals surface area contributed by atoms with Gasteiger partial charge in [-0.3, -0.25) is 9.89 Å². The standard InChI is InChI=1S/C15H23N3O3/c1-15(2)9-18(7-11(21-15)8-20-3)14(19)12-6-16-17-13(12)10-4-5-10/h6,10-11H,4-5,7-9H2,1-3H3,(H,16,17)/t11-/m0/s1. The number of carbonyl (C=O) groups is 1. The SMILES string of the molecule is COC[C@@H]1CN(C(=O)c2cn[nH]c2C2CC2)CC(C)(C)O1. The molecule has 1 aromatic rings. The first-order chi connectivity index (χ1) is 10.00. The summed E-state index contributed by atoms with van der Waals surface area (Å²) in [5, 5.41) is 7.05. The molecule has 21 heavy (non-hydrogen) atoms. The lowest BCUT2D eigenvalue weighted by Crippen LogP contribution is -2.55. The van der Waals surface area contributed by atoms with Gasteiger partial charge in [-0.1, -0.05) is 0 Å². The van der Waals surface area contributed by atoms with Gasteiger partial charge in [0, 0.05) is 26.1 Å². The number of nitrogens with zero attached hydrogens (tertiary/aromatic N) is 2. The van der Waals surface area contributed by atoms with Gasteiger partial charge in [0.05, 0.1) is 35.8 Å². The van der Waals surface area contributed by atoms with Crippen molar-refractivity contribution in [1.82, 2.24) is 15.1 Å². The fourth-order valence-corrected chi connectivity index (χ4v) is 3.04. The van der Waals surface area contributed by atoms with Crippen LogP contribution in [0.5, 0.6) is 0 Å². The Labute approximate surface area is 124 Å². The molecule has 6 nitrogen and oxygen atoms in total. The number of aromatic nitrogens is 2. The summed E-state index contributed by atoms with van der Waals surface area (Å²) in [5.41, 5.74) is 1.35. The highest BCUT2D eigenvalue weighted by Crippen LogP contribution is 2.40. The molecule has 0 radical (unpaired) electrons. The van der Waals surface area contributed by atoms with E-state index in [-0.39, 0.29) is 17.6 Å². The van der Waals surface area contributed by atoms with E-state index in [9.17, 15) is 4.79 Å². The molecule has 1 aliphatic heterocycles. The van der Waals surface area contributed by atoms with Crippen molar-refractivity contribution in [3.63, 3.8) is 0 Å². The lowest BCUT2D eigenvalue weighted by molar-refractivity contribution is -0.143. The van der Waals surface area contributed by atoms with Gasteiger partial charge in [-0.25, -0.2) is 0 Å². The number of methoxy groups -OCH3 is 1. The van der Waals surface area contributed by atoms with Gasteiger partial charge < -0.3 is 14.4 Å². The third-order valence-electron chi connectivity index (χ3n) is 4.01. The van der Waals surface area contributed by atoms with Crippen LogP contribution in [0.4, 0.5) is 0 Å². The molecule has 1 amide bonds. The predicted molar refractivity (Wildman–Crippen MR) is 77.3 cm³/mol. The number of aromatic amines is 1. The third kappa shape index (κ3) is 3.11. The van der Waals surface area contributed by atoms with Crippen LogP contribution in [-0.4, -0.2) is 59.5 Å². The Morgan fingerprint density at radius 1 is 1.57 bits per heavy atom. The minimum absolute atomic E-state index is 0.0446. The van der Waals surface area contributed by atoms with E-state index in [1.54, 1.807) is 13.3 Å². The van der Waals surface area contributed by atoms with Crippen LogP contribution in [0.2, 0.25) is 0 Å². The molecular weight excluding hydrogens is 270 g/mol. The highest BCUT2D eigenvalue weighted by atomic mass is 16.5. The second kappa shape index (κ2) is 5.42. The average Bonchev–Trinajstić information content (AvgIpc) is 3.14. The first-order valence-electron chi connectivity index (χ1n) is 7.49. The van der Waals surface area contributed by atoms with Crippen molar-refractivity contribution in [2.24, 2.45) is 0 Å². The summed E-state index contributed by atoms with van der Waals surface area (Å²) >= 11 is 0. The monoisotopic (exact) mass is 293 g/mol. The fourth-order valence-electron chi connectivity index (χ4n) is 3.04. The van der Waals surface area contributed by atoms with Crippen molar-refractivity contribution in [3.8, 4) is 0 Å². The Kier molecular flexibility index (Phi) is 3.75. The second-order valence-corrected chi connectivity index (χ2v) is 6.61. The fraction of sp³-hybridized carbons (Fsp3) is 0.733. The average molecular weight is 293 g/mol. The van der Waals surface area contributed by atoms with Crippen LogP contribution < -0.4 is 0 Å². The van der Waals surface area contributed by atoms with Gasteiger partial charge in [-0.05, 0) is 26.7 Å². The summed E-state index contributed by atoms with van der Waals surface area (Å²) in [6.07, 6.45) is 3.86. The zero-order chi connectivity index (χ0) is 15.0. The van der Waals surface area contributed by atoms with Crippen molar-refractivity contribution in [3.05, 3.63) is 17.5 Å². The molecule has 1 saturated carbocycles. The lowest BCUT2D eigenvalue weighted by Gasteiger charge is -2.42. The van der Waals surface area contributed by atoms with E-state index in [0.717, 1.165) is 18.5 Å². The number of H-pyrrole nitrogens is 1. The van der Waals surface area contributed by atoms with E-state index in [4.69, 9.17) is 9.47 Å². The Balaban J connectivity index is 1.77. The summed E-state index contributed by atoms with van der Waals surface area (Å²) in [7, 11) is 1.65. The molecule has 1 aliphatic carbocycles. The first-order valence-corrected chi connectivity index (χ1v) is 7.49. The normalized spacial score (nSPS) is 25.1. The first kappa shape index (κ1) is 14.5. The third-order valence-corrected chi connectivity index (χ3v) is 4.01. The molecule has 0 spiro atoms. The summed E-state index contributed by atoms with van der Waals surface area (Å²) in [4.78, 5) is 14.7. The number of ether oxygens (including phenoxy) is 2. The van der Waals surface area contributed by atoms with E-state index in [2.05, 4.69) is 10.2 Å². The zero-order valence-electron chi connectivity index (χ0n) is 12.9. The number of rotatable bonds is 4. The summed E-state index contributed by atoms with van der Waals surface area (Å²) < 4.78 is 11.1. The largest absolute Gasteiger partial charge is 0.382 e. The number of hydrogen-bond donors (Lipinski definition) is 1. The van der Waals surface area contributed by atoms with Gasteiger partial charge in [0.15, 0.2) is 0 Å². The van der Waals surface area contributed by atoms with Gasteiger partial charge >= 0.3 is 0 Å². The highest BCUT2D eigenvalue weighted by molar-refractivity contribution is 5.95. The Bertz CT molecular complexity index is 522. The zero-order valence-corrected chi connectivity index (χ0v) is 12.9. The van der Waals surface area contributed by atoms with Gasteiger partial charge in [0.25, 0.3) is 5.91 Å². The lowest BCUT2D eigenvalue weighted by atomic mass is 10.0. The van der Waals surface area contributed by atoms with E-state index in [0.29, 0.717) is 31.2 Å². The summed E-state index contributed by atoms with van der Waals surface area (Å²) in [5.74, 6) is 0.526. The number of hydrogen-bond acceptors (Lipinski definition) is 4. The maximum Gasteiger partial charge on any atom is 0.257 e.